The number of halogens is 1. The summed E-state index contributed by atoms with van der Waals surface area (Å²) >= 11 is 5.82. The second kappa shape index (κ2) is 3.90. The minimum atomic E-state index is -0.615. The predicted molar refractivity (Wildman–Crippen MR) is 61.5 cm³/mol. The maximum Gasteiger partial charge on any atom is 0.245 e. The maximum absolute atomic E-state index is 11.8. The Morgan fingerprint density at radius 3 is 2.94 bits per heavy atom. The molecule has 1 aromatic rings. The molecular weight excluding hydrogens is 228 g/mol. The van der Waals surface area contributed by atoms with Gasteiger partial charge in [0.05, 0.1) is 0 Å². The van der Waals surface area contributed by atoms with Crippen molar-refractivity contribution in [2.45, 2.75) is 19.4 Å². The second-order valence-corrected chi connectivity index (χ2v) is 4.55. The third-order valence-electron chi connectivity index (χ3n) is 2.75. The van der Waals surface area contributed by atoms with Crippen LogP contribution in [0.25, 0.3) is 0 Å². The lowest BCUT2D eigenvalue weighted by atomic mass is 9.99. The van der Waals surface area contributed by atoms with E-state index < -0.39 is 5.54 Å². The van der Waals surface area contributed by atoms with E-state index in [4.69, 9.17) is 11.6 Å². The molecule has 2 heterocycles. The number of nitrogens with one attached hydrogen (secondary N) is 1. The first kappa shape index (κ1) is 11.1. The van der Waals surface area contributed by atoms with Crippen LogP contribution >= 0.6 is 11.6 Å². The molecule has 16 heavy (non-hydrogen) atoms. The van der Waals surface area contributed by atoms with Gasteiger partial charge in [0.2, 0.25) is 5.91 Å². The van der Waals surface area contributed by atoms with Crippen molar-refractivity contribution in [1.82, 2.24) is 15.3 Å². The lowest BCUT2D eigenvalue weighted by Gasteiger charge is -2.41. The van der Waals surface area contributed by atoms with Crippen LogP contribution in [0.3, 0.4) is 0 Å². The van der Waals surface area contributed by atoms with Gasteiger partial charge in [0.25, 0.3) is 0 Å². The molecule has 5 nitrogen and oxygen atoms in total. The zero-order valence-electron chi connectivity index (χ0n) is 9.20. The molecule has 0 aromatic carbocycles. The Bertz CT molecular complexity index is 421. The summed E-state index contributed by atoms with van der Waals surface area (Å²) in [6.45, 7) is 5.05. The molecule has 0 aliphatic carbocycles. The van der Waals surface area contributed by atoms with Gasteiger partial charge in [-0.1, -0.05) is 11.6 Å². The standard InChI is InChI=1S/C10H13ClN4O/c1-10(2)9(16)12-3-4-15(10)8-5-7(11)13-6-14-8/h5-6H,3-4H2,1-2H3,(H,12,16). The number of hydrogen-bond acceptors (Lipinski definition) is 4. The van der Waals surface area contributed by atoms with Gasteiger partial charge in [-0.2, -0.15) is 0 Å². The number of aromatic nitrogens is 2. The first-order valence-electron chi connectivity index (χ1n) is 5.05. The van der Waals surface area contributed by atoms with Gasteiger partial charge in [-0.25, -0.2) is 9.97 Å². The molecule has 0 atom stereocenters. The van der Waals surface area contributed by atoms with Gasteiger partial charge in [-0.3, -0.25) is 4.79 Å². The molecule has 1 amide bonds. The maximum atomic E-state index is 11.8. The Labute approximate surface area is 98.8 Å². The smallest absolute Gasteiger partial charge is 0.245 e. The van der Waals surface area contributed by atoms with Crippen LogP contribution in [0.2, 0.25) is 5.15 Å². The zero-order valence-corrected chi connectivity index (χ0v) is 9.95. The summed E-state index contributed by atoms with van der Waals surface area (Å²) in [6, 6.07) is 1.67. The predicted octanol–water partition coefficient (Wildman–Crippen LogP) is 0.845. The summed E-state index contributed by atoms with van der Waals surface area (Å²) < 4.78 is 0. The van der Waals surface area contributed by atoms with Crippen LogP contribution in [0.1, 0.15) is 13.8 Å². The summed E-state index contributed by atoms with van der Waals surface area (Å²) in [4.78, 5) is 21.7. The minimum Gasteiger partial charge on any atom is -0.352 e. The normalized spacial score (nSPS) is 19.4. The molecule has 0 spiro atoms. The number of nitrogens with zero attached hydrogens (tertiary/aromatic N) is 3. The highest BCUT2D eigenvalue weighted by Gasteiger charge is 2.38. The van der Waals surface area contributed by atoms with Gasteiger partial charge in [-0.05, 0) is 13.8 Å². The zero-order chi connectivity index (χ0) is 11.8. The molecule has 1 saturated heterocycles. The Hall–Kier alpha value is -1.36. The number of carbonyl (C=O) groups is 1. The molecule has 1 aromatic heterocycles. The fourth-order valence-corrected chi connectivity index (χ4v) is 1.91. The van der Waals surface area contributed by atoms with Gasteiger partial charge in [-0.15, -0.1) is 0 Å². The van der Waals surface area contributed by atoms with Crippen LogP contribution in [0, 0.1) is 0 Å². The lowest BCUT2D eigenvalue weighted by Crippen LogP contribution is -2.62. The van der Waals surface area contributed by atoms with E-state index in [2.05, 4.69) is 15.3 Å². The lowest BCUT2D eigenvalue weighted by molar-refractivity contribution is -0.126. The highest BCUT2D eigenvalue weighted by Crippen LogP contribution is 2.25. The first-order chi connectivity index (χ1) is 7.51. The molecule has 2 rings (SSSR count). The molecule has 6 heteroatoms. The van der Waals surface area contributed by atoms with Crippen molar-refractivity contribution in [3.8, 4) is 0 Å². The topological polar surface area (TPSA) is 58.1 Å². The Balaban J connectivity index is 2.36. The SMILES string of the molecule is CC1(C)C(=O)NCCN1c1cc(Cl)ncn1. The minimum absolute atomic E-state index is 0.00603. The van der Waals surface area contributed by atoms with E-state index in [9.17, 15) is 4.79 Å². The van der Waals surface area contributed by atoms with Crippen LogP contribution < -0.4 is 10.2 Å². The summed E-state index contributed by atoms with van der Waals surface area (Å²) in [5.41, 5.74) is -0.615. The fraction of sp³-hybridized carbons (Fsp3) is 0.500. The van der Waals surface area contributed by atoms with Crippen LogP contribution in [0.15, 0.2) is 12.4 Å². The number of carbonyl (C=O) groups excluding carboxylic acids is 1. The van der Waals surface area contributed by atoms with E-state index in [-0.39, 0.29) is 5.91 Å². The van der Waals surface area contributed by atoms with E-state index in [1.54, 1.807) is 6.07 Å². The summed E-state index contributed by atoms with van der Waals surface area (Å²) in [7, 11) is 0. The third-order valence-corrected chi connectivity index (χ3v) is 2.95. The Morgan fingerprint density at radius 2 is 2.25 bits per heavy atom. The monoisotopic (exact) mass is 240 g/mol. The molecule has 1 fully saturated rings. The number of amides is 1. The molecule has 1 N–H and O–H groups in total. The Kier molecular flexibility index (Phi) is 2.71. The van der Waals surface area contributed by atoms with Crippen molar-refractivity contribution < 1.29 is 4.79 Å². The molecular formula is C10H13ClN4O. The van der Waals surface area contributed by atoms with Gasteiger partial charge in [0, 0.05) is 19.2 Å². The molecule has 0 saturated carbocycles. The van der Waals surface area contributed by atoms with Crippen molar-refractivity contribution >= 4 is 23.3 Å². The number of rotatable bonds is 1. The summed E-state index contributed by atoms with van der Waals surface area (Å²) in [5.74, 6) is 0.674. The third kappa shape index (κ3) is 1.82. The van der Waals surface area contributed by atoms with E-state index in [0.29, 0.717) is 24.1 Å². The van der Waals surface area contributed by atoms with Crippen LogP contribution in [-0.4, -0.2) is 34.5 Å². The summed E-state index contributed by atoms with van der Waals surface area (Å²) in [5, 5.41) is 3.21. The van der Waals surface area contributed by atoms with Crippen molar-refractivity contribution in [3.63, 3.8) is 0 Å². The van der Waals surface area contributed by atoms with E-state index >= 15 is 0 Å². The highest BCUT2D eigenvalue weighted by atomic mass is 35.5. The number of anilines is 1. The Morgan fingerprint density at radius 1 is 1.50 bits per heavy atom. The number of hydrogen-bond donors (Lipinski definition) is 1. The molecule has 1 aliphatic rings. The van der Waals surface area contributed by atoms with Gasteiger partial charge >= 0.3 is 0 Å². The number of piperazine rings is 1. The van der Waals surface area contributed by atoms with Crippen molar-refractivity contribution in [2.75, 3.05) is 18.0 Å². The van der Waals surface area contributed by atoms with Crippen molar-refractivity contribution in [3.05, 3.63) is 17.5 Å². The van der Waals surface area contributed by atoms with E-state index in [1.165, 1.54) is 6.33 Å². The molecule has 1 aliphatic heterocycles. The van der Waals surface area contributed by atoms with Gasteiger partial charge < -0.3 is 10.2 Å². The largest absolute Gasteiger partial charge is 0.352 e. The average Bonchev–Trinajstić information content (AvgIpc) is 2.22. The molecule has 0 radical (unpaired) electrons. The van der Waals surface area contributed by atoms with Crippen LogP contribution in [0.5, 0.6) is 0 Å². The quantitative estimate of drug-likeness (QED) is 0.740. The fourth-order valence-electron chi connectivity index (χ4n) is 1.77. The average molecular weight is 241 g/mol. The van der Waals surface area contributed by atoms with Crippen molar-refractivity contribution in [1.29, 1.82) is 0 Å². The molecule has 86 valence electrons. The van der Waals surface area contributed by atoms with Gasteiger partial charge in [0.15, 0.2) is 0 Å². The van der Waals surface area contributed by atoms with Crippen LogP contribution in [-0.2, 0) is 4.79 Å². The highest BCUT2D eigenvalue weighted by molar-refractivity contribution is 6.29. The van der Waals surface area contributed by atoms with E-state index in [0.717, 1.165) is 0 Å². The second-order valence-electron chi connectivity index (χ2n) is 4.17. The van der Waals surface area contributed by atoms with Gasteiger partial charge in [0.1, 0.15) is 22.8 Å². The van der Waals surface area contributed by atoms with Crippen LogP contribution in [0.4, 0.5) is 5.82 Å². The molecule has 0 bridgehead atoms. The van der Waals surface area contributed by atoms with E-state index in [1.807, 2.05) is 18.7 Å². The molecule has 0 unspecified atom stereocenters. The summed E-state index contributed by atoms with van der Waals surface area (Å²) in [6.07, 6.45) is 1.40. The first-order valence-corrected chi connectivity index (χ1v) is 5.43. The van der Waals surface area contributed by atoms with Crippen molar-refractivity contribution in [2.24, 2.45) is 0 Å².